The highest BCUT2D eigenvalue weighted by molar-refractivity contribution is 6.58. The minimum Gasteiger partial charge on any atom is -0.491 e. The maximum atomic E-state index is 9.13. The van der Waals surface area contributed by atoms with Gasteiger partial charge in [0.15, 0.2) is 0 Å². The summed E-state index contributed by atoms with van der Waals surface area (Å²) in [6.07, 6.45) is 0.0441. The largest absolute Gasteiger partial charge is 0.491 e. The molecular weight excluding hydrogens is 243 g/mol. The van der Waals surface area contributed by atoms with Crippen LogP contribution in [0.25, 0.3) is 10.8 Å². The van der Waals surface area contributed by atoms with Crippen LogP contribution in [-0.2, 0) is 4.74 Å². The molecule has 0 aliphatic carbocycles. The normalized spacial score (nSPS) is 12.4. The Kier molecular flexibility index (Phi) is 4.42. The fourth-order valence-corrected chi connectivity index (χ4v) is 1.77. The molecule has 0 saturated heterocycles. The number of hydrogen-bond donors (Lipinski definition) is 2. The van der Waals surface area contributed by atoms with Crippen molar-refractivity contribution in [2.75, 3.05) is 13.7 Å². The first-order chi connectivity index (χ1) is 9.10. The lowest BCUT2D eigenvalue weighted by molar-refractivity contribution is 0.0717. The highest BCUT2D eigenvalue weighted by Gasteiger charge is 2.11. The summed E-state index contributed by atoms with van der Waals surface area (Å²) in [7, 11) is 0.207. The zero-order valence-corrected chi connectivity index (χ0v) is 11.0. The van der Waals surface area contributed by atoms with Crippen molar-refractivity contribution in [2.24, 2.45) is 0 Å². The molecule has 0 bridgehead atoms. The summed E-state index contributed by atoms with van der Waals surface area (Å²) in [5.41, 5.74) is 0.481. The van der Waals surface area contributed by atoms with Crippen molar-refractivity contribution in [3.8, 4) is 5.75 Å². The quantitative estimate of drug-likeness (QED) is 0.785. The minimum absolute atomic E-state index is 0.0441. The monoisotopic (exact) mass is 260 g/mol. The molecule has 0 aliphatic heterocycles. The van der Waals surface area contributed by atoms with E-state index in [-0.39, 0.29) is 6.10 Å². The van der Waals surface area contributed by atoms with E-state index in [1.165, 1.54) is 0 Å². The molecule has 0 heterocycles. The Morgan fingerprint density at radius 2 is 1.79 bits per heavy atom. The van der Waals surface area contributed by atoms with Gasteiger partial charge in [-0.2, -0.15) is 0 Å². The first-order valence-electron chi connectivity index (χ1n) is 6.15. The van der Waals surface area contributed by atoms with E-state index in [9.17, 15) is 0 Å². The molecule has 2 aromatic carbocycles. The van der Waals surface area contributed by atoms with Crippen LogP contribution in [0.4, 0.5) is 0 Å². The molecular formula is C14H17BO4. The molecule has 100 valence electrons. The summed E-state index contributed by atoms with van der Waals surface area (Å²) in [5.74, 6) is 0.772. The second-order valence-electron chi connectivity index (χ2n) is 4.50. The van der Waals surface area contributed by atoms with E-state index in [2.05, 4.69) is 0 Å². The molecule has 0 spiro atoms. The number of fused-ring (bicyclic) bond motifs is 1. The molecule has 0 radical (unpaired) electrons. The summed E-state index contributed by atoms with van der Waals surface area (Å²) < 4.78 is 10.7. The Labute approximate surface area is 112 Å². The lowest BCUT2D eigenvalue weighted by atomic mass is 9.79. The number of methoxy groups -OCH3 is 1. The first-order valence-corrected chi connectivity index (χ1v) is 6.15. The minimum atomic E-state index is -1.44. The number of rotatable bonds is 5. The summed E-state index contributed by atoms with van der Waals surface area (Å²) in [5, 5.41) is 20.2. The summed E-state index contributed by atoms with van der Waals surface area (Å²) in [6, 6.07) is 11.0. The van der Waals surface area contributed by atoms with E-state index < -0.39 is 7.12 Å². The van der Waals surface area contributed by atoms with Crippen molar-refractivity contribution < 1.29 is 19.5 Å². The molecule has 19 heavy (non-hydrogen) atoms. The van der Waals surface area contributed by atoms with E-state index in [1.54, 1.807) is 19.2 Å². The van der Waals surface area contributed by atoms with Crippen LogP contribution < -0.4 is 10.2 Å². The second-order valence-corrected chi connectivity index (χ2v) is 4.50. The topological polar surface area (TPSA) is 58.9 Å². The van der Waals surface area contributed by atoms with Gasteiger partial charge in [-0.3, -0.25) is 0 Å². The van der Waals surface area contributed by atoms with Gasteiger partial charge in [0.25, 0.3) is 0 Å². The van der Waals surface area contributed by atoms with Crippen molar-refractivity contribution in [1.29, 1.82) is 0 Å². The van der Waals surface area contributed by atoms with Crippen LogP contribution in [0, 0.1) is 0 Å². The van der Waals surface area contributed by atoms with Crippen molar-refractivity contribution in [3.05, 3.63) is 36.4 Å². The number of hydrogen-bond acceptors (Lipinski definition) is 4. The number of benzene rings is 2. The maximum absolute atomic E-state index is 9.13. The molecule has 5 heteroatoms. The van der Waals surface area contributed by atoms with Crippen LogP contribution in [-0.4, -0.2) is 37.0 Å². The van der Waals surface area contributed by atoms with E-state index in [0.717, 1.165) is 16.5 Å². The molecule has 1 atom stereocenters. The molecule has 0 aliphatic rings. The maximum Gasteiger partial charge on any atom is 0.488 e. The summed E-state index contributed by atoms with van der Waals surface area (Å²) >= 11 is 0. The first kappa shape index (κ1) is 13.9. The van der Waals surface area contributed by atoms with Crippen molar-refractivity contribution in [2.45, 2.75) is 13.0 Å². The van der Waals surface area contributed by atoms with Gasteiger partial charge in [0.05, 0.1) is 6.10 Å². The van der Waals surface area contributed by atoms with E-state index in [0.29, 0.717) is 12.1 Å². The smallest absolute Gasteiger partial charge is 0.488 e. The predicted molar refractivity (Wildman–Crippen MR) is 75.7 cm³/mol. The van der Waals surface area contributed by atoms with Crippen molar-refractivity contribution >= 4 is 23.4 Å². The van der Waals surface area contributed by atoms with Gasteiger partial charge in [0, 0.05) is 7.11 Å². The van der Waals surface area contributed by atoms with Crippen LogP contribution in [0.1, 0.15) is 6.92 Å². The molecule has 2 rings (SSSR count). The molecule has 4 nitrogen and oxygen atoms in total. The average Bonchev–Trinajstić information content (AvgIpc) is 2.43. The fourth-order valence-electron chi connectivity index (χ4n) is 1.77. The lowest BCUT2D eigenvalue weighted by Crippen LogP contribution is -2.29. The third-order valence-corrected chi connectivity index (χ3v) is 3.02. The predicted octanol–water partition coefficient (Wildman–Crippen LogP) is 0.933. The lowest BCUT2D eigenvalue weighted by Gasteiger charge is -2.12. The Bertz CT molecular complexity index is 556. The SMILES string of the molecule is COC(C)COc1ccc2cc(B(O)O)ccc2c1. The Morgan fingerprint density at radius 1 is 1.11 bits per heavy atom. The molecule has 0 amide bonds. The standard InChI is InChI=1S/C14H17BO4/c1-10(18-2)9-19-14-6-4-11-7-13(15(16)17)5-3-12(11)8-14/h3-8,10,16-17H,9H2,1-2H3. The van der Waals surface area contributed by atoms with Gasteiger partial charge in [0.2, 0.25) is 0 Å². The summed E-state index contributed by atoms with van der Waals surface area (Å²) in [4.78, 5) is 0. The average molecular weight is 260 g/mol. The van der Waals surface area contributed by atoms with Gasteiger partial charge in [0.1, 0.15) is 12.4 Å². The van der Waals surface area contributed by atoms with Gasteiger partial charge < -0.3 is 19.5 Å². The van der Waals surface area contributed by atoms with Gasteiger partial charge in [-0.15, -0.1) is 0 Å². The third kappa shape index (κ3) is 3.47. The van der Waals surface area contributed by atoms with Crippen LogP contribution in [0.2, 0.25) is 0 Å². The zero-order chi connectivity index (χ0) is 13.8. The Balaban J connectivity index is 2.19. The highest BCUT2D eigenvalue weighted by Crippen LogP contribution is 2.20. The van der Waals surface area contributed by atoms with Crippen molar-refractivity contribution in [1.82, 2.24) is 0 Å². The van der Waals surface area contributed by atoms with E-state index >= 15 is 0 Å². The molecule has 1 unspecified atom stereocenters. The molecule has 2 aromatic rings. The van der Waals surface area contributed by atoms with Gasteiger partial charge in [-0.25, -0.2) is 0 Å². The van der Waals surface area contributed by atoms with Crippen molar-refractivity contribution in [3.63, 3.8) is 0 Å². The Morgan fingerprint density at radius 3 is 2.47 bits per heavy atom. The molecule has 2 N–H and O–H groups in total. The second kappa shape index (κ2) is 6.06. The molecule has 0 fully saturated rings. The van der Waals surface area contributed by atoms with E-state index in [1.807, 2.05) is 31.2 Å². The van der Waals surface area contributed by atoms with Gasteiger partial charge in [-0.1, -0.05) is 24.3 Å². The Hall–Kier alpha value is -1.56. The van der Waals surface area contributed by atoms with Gasteiger partial charge in [-0.05, 0) is 35.3 Å². The fraction of sp³-hybridized carbons (Fsp3) is 0.286. The highest BCUT2D eigenvalue weighted by atomic mass is 16.5. The van der Waals surface area contributed by atoms with Crippen LogP contribution >= 0.6 is 0 Å². The number of ether oxygens (including phenoxy) is 2. The van der Waals surface area contributed by atoms with Crippen LogP contribution in [0.3, 0.4) is 0 Å². The summed E-state index contributed by atoms with van der Waals surface area (Å²) in [6.45, 7) is 2.44. The van der Waals surface area contributed by atoms with E-state index in [4.69, 9.17) is 19.5 Å². The van der Waals surface area contributed by atoms with Gasteiger partial charge >= 0.3 is 7.12 Å². The molecule has 0 saturated carbocycles. The third-order valence-electron chi connectivity index (χ3n) is 3.02. The zero-order valence-electron chi connectivity index (χ0n) is 11.0. The van der Waals surface area contributed by atoms with Crippen LogP contribution in [0.5, 0.6) is 5.75 Å². The van der Waals surface area contributed by atoms with Crippen LogP contribution in [0.15, 0.2) is 36.4 Å². The molecule has 0 aromatic heterocycles.